The van der Waals surface area contributed by atoms with Crippen LogP contribution in [-0.4, -0.2) is 31.6 Å². The fourth-order valence-electron chi connectivity index (χ4n) is 4.05. The van der Waals surface area contributed by atoms with Gasteiger partial charge in [0.15, 0.2) is 17.1 Å². The van der Waals surface area contributed by atoms with Crippen molar-refractivity contribution in [2.45, 2.75) is 12.6 Å². The topological polar surface area (TPSA) is 99.0 Å². The van der Waals surface area contributed by atoms with Gasteiger partial charge in [0.1, 0.15) is 17.5 Å². The van der Waals surface area contributed by atoms with Gasteiger partial charge in [0.2, 0.25) is 5.91 Å². The lowest BCUT2D eigenvalue weighted by atomic mass is 10.2. The van der Waals surface area contributed by atoms with Crippen molar-refractivity contribution in [3.63, 3.8) is 0 Å². The van der Waals surface area contributed by atoms with E-state index in [4.69, 9.17) is 18.6 Å². The fraction of sp³-hybridized carbons (Fsp3) is 0.125. The molecule has 0 saturated heterocycles. The summed E-state index contributed by atoms with van der Waals surface area (Å²) in [5.74, 6) is 0.918. The van der Waals surface area contributed by atoms with Crippen LogP contribution in [0.5, 0.6) is 17.2 Å². The van der Waals surface area contributed by atoms with E-state index >= 15 is 0 Å². The standard InChI is InChI=1S/C32H28N2O6/c1-37-28-14-8-11-23-19-29(40-30(23)28)32(36)34-27(21-38-20-22-9-4-2-5-10-22)31(35)33-24-15-17-26(18-16-24)39-25-12-6-3-7-13-25/h2-19,27H,20-21H2,1H3,(H,33,35)(H,34,36). The molecule has 0 aliphatic carbocycles. The van der Waals surface area contributed by atoms with Gasteiger partial charge in [-0.1, -0.05) is 60.7 Å². The molecule has 5 rings (SSSR count). The lowest BCUT2D eigenvalue weighted by molar-refractivity contribution is -0.119. The van der Waals surface area contributed by atoms with Gasteiger partial charge < -0.3 is 29.3 Å². The number of carbonyl (C=O) groups is 2. The van der Waals surface area contributed by atoms with Crippen LogP contribution in [0.4, 0.5) is 5.69 Å². The number of methoxy groups -OCH3 is 1. The van der Waals surface area contributed by atoms with Crippen molar-refractivity contribution < 1.29 is 28.2 Å². The van der Waals surface area contributed by atoms with Crippen LogP contribution >= 0.6 is 0 Å². The molecular formula is C32H28N2O6. The van der Waals surface area contributed by atoms with Crippen molar-refractivity contribution in [3.05, 3.63) is 121 Å². The lowest BCUT2D eigenvalue weighted by Crippen LogP contribution is -2.46. The van der Waals surface area contributed by atoms with Crippen molar-refractivity contribution in [2.24, 2.45) is 0 Å². The zero-order valence-electron chi connectivity index (χ0n) is 21.8. The average Bonchev–Trinajstić information content (AvgIpc) is 3.44. The molecule has 8 nitrogen and oxygen atoms in total. The van der Waals surface area contributed by atoms with Gasteiger partial charge in [0.05, 0.1) is 20.3 Å². The molecule has 0 aliphatic rings. The highest BCUT2D eigenvalue weighted by atomic mass is 16.5. The molecule has 2 amide bonds. The Balaban J connectivity index is 1.28. The average molecular weight is 537 g/mol. The Labute approximate surface area is 231 Å². The van der Waals surface area contributed by atoms with E-state index in [9.17, 15) is 9.59 Å². The first-order valence-electron chi connectivity index (χ1n) is 12.7. The molecular weight excluding hydrogens is 508 g/mol. The normalized spacial score (nSPS) is 11.5. The van der Waals surface area contributed by atoms with Gasteiger partial charge in [0.25, 0.3) is 5.91 Å². The summed E-state index contributed by atoms with van der Waals surface area (Å²) in [6.07, 6.45) is 0. The second-order valence-electron chi connectivity index (χ2n) is 8.94. The van der Waals surface area contributed by atoms with Gasteiger partial charge in [-0.3, -0.25) is 9.59 Å². The molecule has 0 saturated carbocycles. The Bertz CT molecular complexity index is 1570. The second-order valence-corrected chi connectivity index (χ2v) is 8.94. The van der Waals surface area contributed by atoms with E-state index in [0.29, 0.717) is 33.9 Å². The summed E-state index contributed by atoms with van der Waals surface area (Å²) in [4.78, 5) is 26.4. The second kappa shape index (κ2) is 12.6. The number of anilines is 1. The van der Waals surface area contributed by atoms with Gasteiger partial charge in [-0.2, -0.15) is 0 Å². The minimum absolute atomic E-state index is 0.0504. The third-order valence-corrected chi connectivity index (χ3v) is 6.07. The van der Waals surface area contributed by atoms with Crippen molar-refractivity contribution in [2.75, 3.05) is 19.0 Å². The van der Waals surface area contributed by atoms with Crippen LogP contribution in [0.3, 0.4) is 0 Å². The summed E-state index contributed by atoms with van der Waals surface area (Å²) in [5, 5.41) is 6.30. The van der Waals surface area contributed by atoms with Crippen molar-refractivity contribution in [1.82, 2.24) is 5.32 Å². The van der Waals surface area contributed by atoms with Crippen molar-refractivity contribution in [3.8, 4) is 17.2 Å². The largest absolute Gasteiger partial charge is 0.493 e. The first kappa shape index (κ1) is 26.5. The van der Waals surface area contributed by atoms with E-state index in [2.05, 4.69) is 10.6 Å². The van der Waals surface area contributed by atoms with Crippen molar-refractivity contribution in [1.29, 1.82) is 0 Å². The lowest BCUT2D eigenvalue weighted by Gasteiger charge is -2.18. The van der Waals surface area contributed by atoms with Crippen LogP contribution < -0.4 is 20.1 Å². The maximum atomic E-state index is 13.3. The van der Waals surface area contributed by atoms with E-state index in [1.54, 1.807) is 36.4 Å². The van der Waals surface area contributed by atoms with E-state index in [1.165, 1.54) is 7.11 Å². The van der Waals surface area contributed by atoms with Crippen LogP contribution in [0.1, 0.15) is 16.1 Å². The van der Waals surface area contributed by atoms with Gasteiger partial charge >= 0.3 is 0 Å². The third kappa shape index (κ3) is 6.67. The minimum Gasteiger partial charge on any atom is -0.493 e. The van der Waals surface area contributed by atoms with Crippen LogP contribution in [0.2, 0.25) is 0 Å². The highest BCUT2D eigenvalue weighted by molar-refractivity contribution is 6.02. The molecule has 0 fully saturated rings. The maximum absolute atomic E-state index is 13.3. The predicted molar refractivity (Wildman–Crippen MR) is 152 cm³/mol. The zero-order chi connectivity index (χ0) is 27.7. The van der Waals surface area contributed by atoms with E-state index in [1.807, 2.05) is 72.8 Å². The van der Waals surface area contributed by atoms with Gasteiger partial charge in [-0.25, -0.2) is 0 Å². The SMILES string of the molecule is COc1cccc2cc(C(=O)NC(COCc3ccccc3)C(=O)Nc3ccc(Oc4ccccc4)cc3)oc12. The predicted octanol–water partition coefficient (Wildman–Crippen LogP) is 6.19. The number of benzene rings is 4. The number of amides is 2. The van der Waals surface area contributed by atoms with Crippen LogP contribution in [0, 0.1) is 0 Å². The summed E-state index contributed by atoms with van der Waals surface area (Å²) in [6.45, 7) is 0.235. The summed E-state index contributed by atoms with van der Waals surface area (Å²) < 4.78 is 22.7. The smallest absolute Gasteiger partial charge is 0.287 e. The van der Waals surface area contributed by atoms with E-state index in [-0.39, 0.29) is 19.0 Å². The number of carbonyl (C=O) groups excluding carboxylic acids is 2. The summed E-state index contributed by atoms with van der Waals surface area (Å²) >= 11 is 0. The Morgan fingerprint density at radius 1 is 0.825 bits per heavy atom. The molecule has 1 aromatic heterocycles. The first-order valence-corrected chi connectivity index (χ1v) is 12.7. The van der Waals surface area contributed by atoms with E-state index < -0.39 is 17.9 Å². The summed E-state index contributed by atoms with van der Waals surface area (Å²) in [6, 6.07) is 31.9. The van der Waals surface area contributed by atoms with Crippen molar-refractivity contribution >= 4 is 28.5 Å². The maximum Gasteiger partial charge on any atom is 0.287 e. The third-order valence-electron chi connectivity index (χ3n) is 6.07. The number of nitrogens with one attached hydrogen (secondary N) is 2. The molecule has 0 aliphatic heterocycles. The highest BCUT2D eigenvalue weighted by Gasteiger charge is 2.24. The van der Waals surface area contributed by atoms with E-state index in [0.717, 1.165) is 5.56 Å². The van der Waals surface area contributed by atoms with Gasteiger partial charge in [-0.15, -0.1) is 0 Å². The minimum atomic E-state index is -0.994. The summed E-state index contributed by atoms with van der Waals surface area (Å²) in [7, 11) is 1.53. The zero-order valence-corrected chi connectivity index (χ0v) is 21.8. The molecule has 0 spiro atoms. The molecule has 0 bridgehead atoms. The Morgan fingerprint density at radius 2 is 1.52 bits per heavy atom. The van der Waals surface area contributed by atoms with Crippen LogP contribution in [0.25, 0.3) is 11.0 Å². The highest BCUT2D eigenvalue weighted by Crippen LogP contribution is 2.28. The Hall–Kier alpha value is -5.08. The van der Waals surface area contributed by atoms with Crippen LogP contribution in [0.15, 0.2) is 114 Å². The first-order chi connectivity index (χ1) is 19.6. The summed E-state index contributed by atoms with van der Waals surface area (Å²) in [5.41, 5.74) is 1.95. The molecule has 8 heteroatoms. The van der Waals surface area contributed by atoms with Gasteiger partial charge in [-0.05, 0) is 54.1 Å². The monoisotopic (exact) mass is 536 g/mol. The fourth-order valence-corrected chi connectivity index (χ4v) is 4.05. The molecule has 5 aromatic rings. The number of hydrogen-bond acceptors (Lipinski definition) is 6. The number of ether oxygens (including phenoxy) is 3. The number of para-hydroxylation sites is 2. The molecule has 1 heterocycles. The van der Waals surface area contributed by atoms with Crippen LogP contribution in [-0.2, 0) is 16.1 Å². The molecule has 4 aromatic carbocycles. The Morgan fingerprint density at radius 3 is 2.25 bits per heavy atom. The molecule has 1 unspecified atom stereocenters. The molecule has 40 heavy (non-hydrogen) atoms. The molecule has 1 atom stereocenters. The number of rotatable bonds is 11. The number of hydrogen-bond donors (Lipinski definition) is 2. The van der Waals surface area contributed by atoms with Gasteiger partial charge in [0, 0.05) is 11.1 Å². The number of fused-ring (bicyclic) bond motifs is 1. The quantitative estimate of drug-likeness (QED) is 0.209. The molecule has 2 N–H and O–H groups in total. The molecule has 202 valence electrons. The number of furan rings is 1. The molecule has 0 radical (unpaired) electrons. The Kier molecular flexibility index (Phi) is 8.38.